The molecule has 2 N–H and O–H groups in total. The van der Waals surface area contributed by atoms with Gasteiger partial charge in [0.2, 0.25) is 5.88 Å². The van der Waals surface area contributed by atoms with Gasteiger partial charge in [-0.25, -0.2) is 9.78 Å². The summed E-state index contributed by atoms with van der Waals surface area (Å²) in [4.78, 5) is 15.5. The van der Waals surface area contributed by atoms with Gasteiger partial charge in [0, 0.05) is 11.8 Å². The summed E-state index contributed by atoms with van der Waals surface area (Å²) in [6.45, 7) is 0.683. The van der Waals surface area contributed by atoms with Crippen molar-refractivity contribution in [3.8, 4) is 5.88 Å². The maximum absolute atomic E-state index is 11.6. The summed E-state index contributed by atoms with van der Waals surface area (Å²) >= 11 is 5.73. The predicted molar refractivity (Wildman–Crippen MR) is 78.2 cm³/mol. The molecule has 2 aromatic rings. The zero-order valence-electron chi connectivity index (χ0n) is 10.7. The summed E-state index contributed by atoms with van der Waals surface area (Å²) in [6, 6.07) is 14.1. The van der Waals surface area contributed by atoms with Gasteiger partial charge in [-0.15, -0.1) is 0 Å². The van der Waals surface area contributed by atoms with Gasteiger partial charge in [-0.1, -0.05) is 35.9 Å². The van der Waals surface area contributed by atoms with E-state index in [-0.39, 0.29) is 6.03 Å². The van der Waals surface area contributed by atoms with Crippen molar-refractivity contribution in [3.05, 3.63) is 53.7 Å². The fourth-order valence-electron chi connectivity index (χ4n) is 1.49. The van der Waals surface area contributed by atoms with E-state index < -0.39 is 0 Å². The van der Waals surface area contributed by atoms with Crippen molar-refractivity contribution < 1.29 is 9.53 Å². The lowest BCUT2D eigenvalue weighted by molar-refractivity contribution is 0.246. The number of anilines is 1. The standard InChI is InChI=1S/C14H14ClN3O2/c15-12-7-4-8-13(18-12)20-10-9-16-14(19)17-11-5-2-1-3-6-11/h1-8H,9-10H2,(H2,16,17,19). The molecule has 2 amide bonds. The van der Waals surface area contributed by atoms with Gasteiger partial charge in [0.25, 0.3) is 0 Å². The number of ether oxygens (including phenoxy) is 1. The molecule has 6 heteroatoms. The van der Waals surface area contributed by atoms with Crippen LogP contribution in [0.3, 0.4) is 0 Å². The van der Waals surface area contributed by atoms with Crippen molar-refractivity contribution >= 4 is 23.3 Å². The van der Waals surface area contributed by atoms with Gasteiger partial charge in [0.1, 0.15) is 11.8 Å². The van der Waals surface area contributed by atoms with Crippen LogP contribution in [-0.2, 0) is 0 Å². The Labute approximate surface area is 121 Å². The number of pyridine rings is 1. The second-order valence-corrected chi connectivity index (χ2v) is 4.28. The van der Waals surface area contributed by atoms with Crippen LogP contribution in [0.1, 0.15) is 0 Å². The van der Waals surface area contributed by atoms with E-state index in [2.05, 4.69) is 15.6 Å². The molecule has 1 heterocycles. The van der Waals surface area contributed by atoms with Gasteiger partial charge in [-0.2, -0.15) is 0 Å². The molecule has 0 spiro atoms. The molecular weight excluding hydrogens is 278 g/mol. The number of hydrogen-bond acceptors (Lipinski definition) is 3. The Morgan fingerprint density at radius 3 is 2.70 bits per heavy atom. The second-order valence-electron chi connectivity index (χ2n) is 3.89. The molecule has 1 aromatic heterocycles. The highest BCUT2D eigenvalue weighted by Crippen LogP contribution is 2.10. The summed E-state index contributed by atoms with van der Waals surface area (Å²) in [5.41, 5.74) is 0.738. The molecule has 5 nitrogen and oxygen atoms in total. The summed E-state index contributed by atoms with van der Waals surface area (Å²) in [5.74, 6) is 0.433. The highest BCUT2D eigenvalue weighted by atomic mass is 35.5. The van der Waals surface area contributed by atoms with Crippen molar-refractivity contribution in [1.82, 2.24) is 10.3 Å². The van der Waals surface area contributed by atoms with Gasteiger partial charge in [-0.05, 0) is 18.2 Å². The quantitative estimate of drug-likeness (QED) is 0.657. The van der Waals surface area contributed by atoms with Crippen LogP contribution >= 0.6 is 11.6 Å². The molecule has 104 valence electrons. The Balaban J connectivity index is 1.67. The topological polar surface area (TPSA) is 63.2 Å². The van der Waals surface area contributed by atoms with E-state index >= 15 is 0 Å². The lowest BCUT2D eigenvalue weighted by atomic mass is 10.3. The molecule has 0 unspecified atom stereocenters. The second kappa shape index (κ2) is 7.35. The van der Waals surface area contributed by atoms with Crippen molar-refractivity contribution in [3.63, 3.8) is 0 Å². The summed E-state index contributed by atoms with van der Waals surface area (Å²) < 4.78 is 5.35. The molecular formula is C14H14ClN3O2. The van der Waals surface area contributed by atoms with E-state index in [0.717, 1.165) is 5.69 Å². The summed E-state index contributed by atoms with van der Waals surface area (Å²) in [7, 11) is 0. The molecule has 20 heavy (non-hydrogen) atoms. The summed E-state index contributed by atoms with van der Waals surface area (Å²) in [6.07, 6.45) is 0. The number of para-hydroxylation sites is 1. The monoisotopic (exact) mass is 291 g/mol. The number of aromatic nitrogens is 1. The van der Waals surface area contributed by atoms with Crippen LogP contribution in [0.25, 0.3) is 0 Å². The van der Waals surface area contributed by atoms with E-state index in [4.69, 9.17) is 16.3 Å². The minimum Gasteiger partial charge on any atom is -0.476 e. The molecule has 2 rings (SSSR count). The zero-order valence-corrected chi connectivity index (χ0v) is 11.4. The summed E-state index contributed by atoms with van der Waals surface area (Å²) in [5, 5.41) is 5.76. The average molecular weight is 292 g/mol. The third-order valence-corrected chi connectivity index (χ3v) is 2.57. The van der Waals surface area contributed by atoms with Crippen molar-refractivity contribution in [2.75, 3.05) is 18.5 Å². The van der Waals surface area contributed by atoms with Gasteiger partial charge in [-0.3, -0.25) is 0 Å². The average Bonchev–Trinajstić information content (AvgIpc) is 2.45. The molecule has 0 aliphatic carbocycles. The number of hydrogen-bond donors (Lipinski definition) is 2. The Hall–Kier alpha value is -2.27. The van der Waals surface area contributed by atoms with E-state index in [1.165, 1.54) is 0 Å². The van der Waals surface area contributed by atoms with Crippen molar-refractivity contribution in [2.24, 2.45) is 0 Å². The molecule has 0 aliphatic heterocycles. The van der Waals surface area contributed by atoms with E-state index in [9.17, 15) is 4.79 Å². The SMILES string of the molecule is O=C(NCCOc1cccc(Cl)n1)Nc1ccccc1. The third-order valence-electron chi connectivity index (χ3n) is 2.36. The number of urea groups is 1. The van der Waals surface area contributed by atoms with Crippen LogP contribution in [0.15, 0.2) is 48.5 Å². The van der Waals surface area contributed by atoms with Gasteiger partial charge in [0.15, 0.2) is 0 Å². The molecule has 0 bridgehead atoms. The lowest BCUT2D eigenvalue weighted by Gasteiger charge is -2.08. The zero-order chi connectivity index (χ0) is 14.2. The molecule has 0 aliphatic rings. The molecule has 0 atom stereocenters. The first kappa shape index (κ1) is 14.1. The van der Waals surface area contributed by atoms with Crippen molar-refractivity contribution in [1.29, 1.82) is 0 Å². The first-order valence-corrected chi connectivity index (χ1v) is 6.47. The molecule has 0 fully saturated rings. The smallest absolute Gasteiger partial charge is 0.319 e. The van der Waals surface area contributed by atoms with Crippen LogP contribution in [-0.4, -0.2) is 24.2 Å². The first-order chi connectivity index (χ1) is 9.74. The van der Waals surface area contributed by atoms with Crippen LogP contribution in [0, 0.1) is 0 Å². The maximum atomic E-state index is 11.6. The number of nitrogens with zero attached hydrogens (tertiary/aromatic N) is 1. The van der Waals surface area contributed by atoms with Gasteiger partial charge < -0.3 is 15.4 Å². The fraction of sp³-hybridized carbons (Fsp3) is 0.143. The van der Waals surface area contributed by atoms with Crippen LogP contribution in [0.5, 0.6) is 5.88 Å². The predicted octanol–water partition coefficient (Wildman–Crippen LogP) is 2.94. The van der Waals surface area contributed by atoms with E-state index in [1.54, 1.807) is 18.2 Å². The van der Waals surface area contributed by atoms with Crippen molar-refractivity contribution in [2.45, 2.75) is 0 Å². The fourth-order valence-corrected chi connectivity index (χ4v) is 1.64. The van der Waals surface area contributed by atoms with Gasteiger partial charge >= 0.3 is 6.03 Å². The maximum Gasteiger partial charge on any atom is 0.319 e. The van der Waals surface area contributed by atoms with Crippen LogP contribution in [0.2, 0.25) is 5.15 Å². The highest BCUT2D eigenvalue weighted by molar-refractivity contribution is 6.29. The molecule has 1 aromatic carbocycles. The number of carbonyl (C=O) groups excluding carboxylic acids is 1. The highest BCUT2D eigenvalue weighted by Gasteiger charge is 2.01. The normalized spacial score (nSPS) is 9.85. The minimum absolute atomic E-state index is 0.279. The molecule has 0 saturated carbocycles. The van der Waals surface area contributed by atoms with Crippen LogP contribution < -0.4 is 15.4 Å². The number of carbonyl (C=O) groups is 1. The lowest BCUT2D eigenvalue weighted by Crippen LogP contribution is -2.32. The number of rotatable bonds is 5. The minimum atomic E-state index is -0.279. The Morgan fingerprint density at radius 2 is 1.95 bits per heavy atom. The number of nitrogens with one attached hydrogen (secondary N) is 2. The third kappa shape index (κ3) is 4.78. The van der Waals surface area contributed by atoms with Gasteiger partial charge in [0.05, 0.1) is 6.54 Å². The van der Waals surface area contributed by atoms with Crippen LogP contribution in [0.4, 0.5) is 10.5 Å². The molecule has 0 saturated heterocycles. The van der Waals surface area contributed by atoms with E-state index in [0.29, 0.717) is 24.2 Å². The van der Waals surface area contributed by atoms with E-state index in [1.807, 2.05) is 30.3 Å². The Bertz CT molecular complexity index is 563. The first-order valence-electron chi connectivity index (χ1n) is 6.09. The number of amides is 2. The largest absolute Gasteiger partial charge is 0.476 e. The number of benzene rings is 1. The molecule has 0 radical (unpaired) electrons. The Morgan fingerprint density at radius 1 is 1.15 bits per heavy atom. The Kier molecular flexibility index (Phi) is 5.20. The number of halogens is 1.